The average Bonchev–Trinajstić information content (AvgIpc) is 3.12. The van der Waals surface area contributed by atoms with Crippen LogP contribution < -0.4 is 59.1 Å². The van der Waals surface area contributed by atoms with Gasteiger partial charge in [0.1, 0.15) is 0 Å². The molecular weight excluding hydrogens is 334 g/mol. The van der Waals surface area contributed by atoms with Gasteiger partial charge >= 0.3 is 59.1 Å². The zero-order valence-electron chi connectivity index (χ0n) is 16.3. The molecule has 0 spiro atoms. The van der Waals surface area contributed by atoms with E-state index < -0.39 is 0 Å². The number of hydrogen-bond acceptors (Lipinski definition) is 3. The van der Waals surface area contributed by atoms with Gasteiger partial charge in [0.15, 0.2) is 5.78 Å². The summed E-state index contributed by atoms with van der Waals surface area (Å²) in [6.07, 6.45) is 9.17. The number of carbonyl (C=O) groups excluding carboxylic acids is 2. The first-order valence-corrected chi connectivity index (χ1v) is 7.15. The summed E-state index contributed by atoms with van der Waals surface area (Å²) in [5.41, 5.74) is 1.46. The van der Waals surface area contributed by atoms with Gasteiger partial charge in [-0.1, -0.05) is 24.3 Å². The second-order valence-corrected chi connectivity index (χ2v) is 4.92. The van der Waals surface area contributed by atoms with Crippen molar-refractivity contribution in [2.24, 2.45) is 0 Å². The SMILES string of the molecule is O=C1C=CC(=O)C(n2cccc2)=C1.[H-].[H-].[Na+].[Na+].c1ccc2ncccc2c1. The van der Waals surface area contributed by atoms with Crippen molar-refractivity contribution in [3.8, 4) is 0 Å². The van der Waals surface area contributed by atoms with E-state index in [0.29, 0.717) is 5.70 Å². The Hall–Kier alpha value is -1.27. The normalized spacial score (nSPS) is 12.4. The fourth-order valence-electron chi connectivity index (χ4n) is 2.21. The third-order valence-corrected chi connectivity index (χ3v) is 3.33. The van der Waals surface area contributed by atoms with E-state index >= 15 is 0 Å². The second-order valence-electron chi connectivity index (χ2n) is 4.92. The minimum atomic E-state index is -0.150. The predicted molar refractivity (Wildman–Crippen MR) is 91.8 cm³/mol. The molecule has 0 bridgehead atoms. The van der Waals surface area contributed by atoms with Crippen LogP contribution in [0.5, 0.6) is 0 Å². The van der Waals surface area contributed by atoms with Crippen LogP contribution in [0.15, 0.2) is 85.3 Å². The number of ketones is 2. The van der Waals surface area contributed by atoms with Gasteiger partial charge in [-0.05, 0) is 36.4 Å². The first-order valence-electron chi connectivity index (χ1n) is 7.15. The van der Waals surface area contributed by atoms with E-state index in [1.165, 1.54) is 23.6 Å². The Morgan fingerprint density at radius 1 is 0.840 bits per heavy atom. The van der Waals surface area contributed by atoms with Crippen molar-refractivity contribution >= 4 is 28.2 Å². The van der Waals surface area contributed by atoms with Crippen molar-refractivity contribution in [3.05, 3.63) is 85.3 Å². The van der Waals surface area contributed by atoms with Crippen molar-refractivity contribution in [2.75, 3.05) is 0 Å². The number of benzene rings is 1. The molecule has 0 unspecified atom stereocenters. The van der Waals surface area contributed by atoms with Gasteiger partial charge in [-0.3, -0.25) is 14.6 Å². The largest absolute Gasteiger partial charge is 1.00 e. The summed E-state index contributed by atoms with van der Waals surface area (Å²) in [5, 5.41) is 1.20. The number of fused-ring (bicyclic) bond motifs is 1. The number of allylic oxidation sites excluding steroid dienone is 4. The van der Waals surface area contributed by atoms with Crippen LogP contribution in [-0.2, 0) is 9.59 Å². The van der Waals surface area contributed by atoms with Crippen molar-refractivity contribution < 1.29 is 71.6 Å². The van der Waals surface area contributed by atoms with E-state index in [1.54, 1.807) is 29.1 Å². The number of hydrogen-bond donors (Lipinski definition) is 0. The first kappa shape index (κ1) is 21.8. The van der Waals surface area contributed by atoms with Gasteiger partial charge in [0.25, 0.3) is 0 Å². The molecule has 0 fully saturated rings. The van der Waals surface area contributed by atoms with E-state index in [0.717, 1.165) is 5.52 Å². The third-order valence-electron chi connectivity index (χ3n) is 3.33. The third kappa shape index (κ3) is 5.89. The standard InChI is InChI=1S/C10H7NO2.C9H7N.2Na.2H/c12-8-3-4-10(13)9(7-8)11-5-1-2-6-11;1-2-6-9-8(4-1)5-3-7-10-9;;;;/h1-7H;1-7H;;;;/q;;2*+1;2*-1. The number of aromatic nitrogens is 2. The van der Waals surface area contributed by atoms with E-state index in [4.69, 9.17) is 0 Å². The fraction of sp³-hybridized carbons (Fsp3) is 0. The van der Waals surface area contributed by atoms with Gasteiger partial charge < -0.3 is 7.42 Å². The smallest absolute Gasteiger partial charge is 1.00 e. The quantitative estimate of drug-likeness (QED) is 0.360. The van der Waals surface area contributed by atoms with Crippen LogP contribution in [-0.4, -0.2) is 21.1 Å². The van der Waals surface area contributed by atoms with Crippen molar-refractivity contribution in [3.63, 3.8) is 0 Å². The van der Waals surface area contributed by atoms with Gasteiger partial charge in [0, 0.05) is 30.1 Å². The Balaban J connectivity index is 0. The summed E-state index contributed by atoms with van der Waals surface area (Å²) in [7, 11) is 0. The molecule has 1 aromatic carbocycles. The molecule has 0 atom stereocenters. The summed E-state index contributed by atoms with van der Waals surface area (Å²) in [4.78, 5) is 26.5. The van der Waals surface area contributed by atoms with Crippen LogP contribution in [0.1, 0.15) is 2.85 Å². The molecule has 6 heteroatoms. The molecule has 2 heterocycles. The van der Waals surface area contributed by atoms with E-state index in [1.807, 2.05) is 30.5 Å². The molecule has 1 aliphatic carbocycles. The Kier molecular flexibility index (Phi) is 9.28. The maximum Gasteiger partial charge on any atom is 1.00 e. The first-order chi connectivity index (χ1) is 11.2. The fourth-order valence-corrected chi connectivity index (χ4v) is 2.21. The van der Waals surface area contributed by atoms with Gasteiger partial charge in [0.05, 0.1) is 11.2 Å². The maximum absolute atomic E-state index is 11.3. The number of carbonyl (C=O) groups is 2. The van der Waals surface area contributed by atoms with E-state index in [2.05, 4.69) is 17.1 Å². The van der Waals surface area contributed by atoms with Gasteiger partial charge in [-0.15, -0.1) is 0 Å². The van der Waals surface area contributed by atoms with Crippen LogP contribution in [0, 0.1) is 0 Å². The summed E-state index contributed by atoms with van der Waals surface area (Å²) in [6.45, 7) is 0. The molecular formula is C19H16N2Na2O2. The summed E-state index contributed by atoms with van der Waals surface area (Å²) >= 11 is 0. The maximum atomic E-state index is 11.3. The number of rotatable bonds is 1. The number of nitrogens with zero attached hydrogens (tertiary/aromatic N) is 2. The van der Waals surface area contributed by atoms with Gasteiger partial charge in [-0.25, -0.2) is 0 Å². The minimum absolute atomic E-state index is 0. The minimum Gasteiger partial charge on any atom is -1.00 e. The molecule has 25 heavy (non-hydrogen) atoms. The van der Waals surface area contributed by atoms with E-state index in [-0.39, 0.29) is 73.5 Å². The van der Waals surface area contributed by atoms with Crippen LogP contribution >= 0.6 is 0 Å². The molecule has 0 aliphatic heterocycles. The van der Waals surface area contributed by atoms with Crippen LogP contribution in [0.2, 0.25) is 0 Å². The molecule has 0 amide bonds. The van der Waals surface area contributed by atoms with Crippen molar-refractivity contribution in [1.29, 1.82) is 0 Å². The summed E-state index contributed by atoms with van der Waals surface area (Å²) in [6, 6.07) is 15.7. The molecule has 0 saturated carbocycles. The average molecular weight is 350 g/mol. The Labute approximate surface area is 193 Å². The molecule has 2 aromatic heterocycles. The van der Waals surface area contributed by atoms with Crippen molar-refractivity contribution in [1.82, 2.24) is 9.55 Å². The molecule has 4 nitrogen and oxygen atoms in total. The molecule has 1 aliphatic rings. The zero-order chi connectivity index (χ0) is 16.1. The van der Waals surface area contributed by atoms with Crippen LogP contribution in [0.3, 0.4) is 0 Å². The Bertz CT molecular complexity index is 861. The number of pyridine rings is 1. The molecule has 0 radical (unpaired) electrons. The van der Waals surface area contributed by atoms with Gasteiger partial charge in [0.2, 0.25) is 5.78 Å². The van der Waals surface area contributed by atoms with Crippen LogP contribution in [0.4, 0.5) is 0 Å². The Morgan fingerprint density at radius 2 is 1.52 bits per heavy atom. The summed E-state index contributed by atoms with van der Waals surface area (Å²) < 4.78 is 1.63. The molecule has 116 valence electrons. The predicted octanol–water partition coefficient (Wildman–Crippen LogP) is -2.50. The van der Waals surface area contributed by atoms with Gasteiger partial charge in [-0.2, -0.15) is 0 Å². The second kappa shape index (κ2) is 10.7. The van der Waals surface area contributed by atoms with E-state index in [9.17, 15) is 9.59 Å². The zero-order valence-corrected chi connectivity index (χ0v) is 18.3. The molecule has 4 rings (SSSR count). The Morgan fingerprint density at radius 3 is 2.24 bits per heavy atom. The molecule has 3 aromatic rings. The number of para-hydroxylation sites is 1. The topological polar surface area (TPSA) is 52.0 Å². The van der Waals surface area contributed by atoms with Crippen molar-refractivity contribution in [2.45, 2.75) is 0 Å². The molecule has 0 saturated heterocycles. The summed E-state index contributed by atoms with van der Waals surface area (Å²) in [5.74, 6) is -0.292. The van der Waals surface area contributed by atoms with Crippen LogP contribution in [0.25, 0.3) is 16.6 Å². The molecule has 0 N–H and O–H groups in total. The monoisotopic (exact) mass is 350 g/mol.